The van der Waals surface area contributed by atoms with Crippen LogP contribution in [0.4, 0.5) is 0 Å². The van der Waals surface area contributed by atoms with E-state index in [1.807, 2.05) is 74.5 Å². The van der Waals surface area contributed by atoms with Gasteiger partial charge in [-0.2, -0.15) is 0 Å². The predicted octanol–water partition coefficient (Wildman–Crippen LogP) is 5.48. The summed E-state index contributed by atoms with van der Waals surface area (Å²) in [5, 5.41) is 3.74. The molecule has 0 radical (unpaired) electrons. The third-order valence-electron chi connectivity index (χ3n) is 5.29. The molecular weight excluding hydrogens is 426 g/mol. The van der Waals surface area contributed by atoms with Gasteiger partial charge in [0, 0.05) is 5.02 Å². The summed E-state index contributed by atoms with van der Waals surface area (Å²) in [6.45, 7) is 4.33. The summed E-state index contributed by atoms with van der Waals surface area (Å²) in [4.78, 5) is 12.5. The van der Waals surface area contributed by atoms with E-state index in [2.05, 4.69) is 5.32 Å². The number of ether oxygens (including phenoxy) is 3. The Labute approximate surface area is 193 Å². The lowest BCUT2D eigenvalue weighted by Crippen LogP contribution is -2.36. The zero-order valence-corrected chi connectivity index (χ0v) is 19.1. The van der Waals surface area contributed by atoms with Gasteiger partial charge in [0.25, 0.3) is 0 Å². The van der Waals surface area contributed by atoms with Crippen LogP contribution in [-0.2, 0) is 17.8 Å². The van der Waals surface area contributed by atoms with Crippen molar-refractivity contribution in [2.75, 3.05) is 7.11 Å². The lowest BCUT2D eigenvalue weighted by atomic mass is 9.89. The molecule has 0 saturated heterocycles. The van der Waals surface area contributed by atoms with Gasteiger partial charge in [-0.1, -0.05) is 35.9 Å². The van der Waals surface area contributed by atoms with Crippen LogP contribution < -0.4 is 19.5 Å². The standard InChI is InChI=1S/C26H26ClNO4/c1-16(2)32-24-14-22-19(12-23(24)31-15-17-4-10-21(30-3)11-5-17)13-25(29)28-26(22)18-6-8-20(27)9-7-18/h4-12,14,16,26H,13,15H2,1-3H3,(H,28,29)/t26-/m1/s1. The number of hydrogen-bond acceptors (Lipinski definition) is 4. The Morgan fingerprint density at radius 2 is 1.75 bits per heavy atom. The first kappa shape index (κ1) is 22.0. The van der Waals surface area contributed by atoms with Gasteiger partial charge in [0.1, 0.15) is 12.4 Å². The SMILES string of the molecule is COc1ccc(COc2cc3c(cc2OC(C)C)[C@@H](c2ccc(Cl)cc2)NC(=O)C3)cc1. The molecule has 0 saturated carbocycles. The number of fused-ring (bicyclic) bond motifs is 1. The van der Waals surface area contributed by atoms with E-state index in [-0.39, 0.29) is 18.1 Å². The molecule has 1 atom stereocenters. The van der Waals surface area contributed by atoms with E-state index in [0.29, 0.717) is 29.5 Å². The maximum Gasteiger partial charge on any atom is 0.225 e. The molecule has 4 rings (SSSR count). The van der Waals surface area contributed by atoms with Crippen molar-refractivity contribution in [1.29, 1.82) is 0 Å². The molecule has 3 aromatic carbocycles. The summed E-state index contributed by atoms with van der Waals surface area (Å²) in [5.74, 6) is 2.04. The fraction of sp³-hybridized carbons (Fsp3) is 0.269. The number of nitrogens with one attached hydrogen (secondary N) is 1. The van der Waals surface area contributed by atoms with Crippen molar-refractivity contribution in [1.82, 2.24) is 5.32 Å². The van der Waals surface area contributed by atoms with Crippen molar-refractivity contribution < 1.29 is 19.0 Å². The summed E-state index contributed by atoms with van der Waals surface area (Å²) >= 11 is 6.05. The fourth-order valence-corrected chi connectivity index (χ4v) is 3.89. The molecule has 1 amide bonds. The Hall–Kier alpha value is -3.18. The maximum atomic E-state index is 12.5. The van der Waals surface area contributed by atoms with Gasteiger partial charge in [0.05, 0.1) is 25.7 Å². The summed E-state index contributed by atoms with van der Waals surface area (Å²) in [6, 6.07) is 18.9. The number of carbonyl (C=O) groups excluding carboxylic acids is 1. The zero-order chi connectivity index (χ0) is 22.7. The van der Waals surface area contributed by atoms with E-state index in [9.17, 15) is 4.79 Å². The highest BCUT2D eigenvalue weighted by Crippen LogP contribution is 2.39. The summed E-state index contributed by atoms with van der Waals surface area (Å²) in [6.07, 6.45) is 0.267. The van der Waals surface area contributed by atoms with Gasteiger partial charge in [0.15, 0.2) is 11.5 Å². The number of rotatable bonds is 7. The quantitative estimate of drug-likeness (QED) is 0.517. The Kier molecular flexibility index (Phi) is 6.56. The van der Waals surface area contributed by atoms with Gasteiger partial charge in [-0.15, -0.1) is 0 Å². The number of carbonyl (C=O) groups is 1. The Bertz CT molecular complexity index is 1090. The number of benzene rings is 3. The van der Waals surface area contributed by atoms with Gasteiger partial charge in [-0.25, -0.2) is 0 Å². The second-order valence-electron chi connectivity index (χ2n) is 8.03. The number of methoxy groups -OCH3 is 1. The van der Waals surface area contributed by atoms with Crippen LogP contribution in [0.5, 0.6) is 17.2 Å². The van der Waals surface area contributed by atoms with Gasteiger partial charge in [0.2, 0.25) is 5.91 Å². The van der Waals surface area contributed by atoms with Gasteiger partial charge in [-0.05, 0) is 72.5 Å². The Balaban J connectivity index is 1.67. The molecule has 6 heteroatoms. The summed E-state index contributed by atoms with van der Waals surface area (Å²) < 4.78 is 17.4. The van der Waals surface area contributed by atoms with Gasteiger partial charge in [-0.3, -0.25) is 4.79 Å². The van der Waals surface area contributed by atoms with Crippen molar-refractivity contribution in [3.05, 3.63) is 87.9 Å². The minimum absolute atomic E-state index is 0.0245. The molecule has 0 bridgehead atoms. The molecule has 0 fully saturated rings. The zero-order valence-electron chi connectivity index (χ0n) is 18.4. The molecular formula is C26H26ClNO4. The lowest BCUT2D eigenvalue weighted by molar-refractivity contribution is -0.121. The number of halogens is 1. The molecule has 0 unspecified atom stereocenters. The van der Waals surface area contributed by atoms with E-state index in [1.54, 1.807) is 7.11 Å². The molecule has 166 valence electrons. The Morgan fingerprint density at radius 1 is 1.03 bits per heavy atom. The maximum absolute atomic E-state index is 12.5. The number of amides is 1. The third kappa shape index (κ3) is 5.00. The van der Waals surface area contributed by atoms with Crippen LogP contribution in [0.15, 0.2) is 60.7 Å². The molecule has 1 heterocycles. The predicted molar refractivity (Wildman–Crippen MR) is 125 cm³/mol. The summed E-state index contributed by atoms with van der Waals surface area (Å²) in [5.41, 5.74) is 3.90. The minimum atomic E-state index is -0.270. The first-order valence-corrected chi connectivity index (χ1v) is 10.9. The highest BCUT2D eigenvalue weighted by atomic mass is 35.5. The normalized spacial score (nSPS) is 15.2. The van der Waals surface area contributed by atoms with E-state index >= 15 is 0 Å². The highest BCUT2D eigenvalue weighted by molar-refractivity contribution is 6.30. The van der Waals surface area contributed by atoms with Crippen LogP contribution in [0.2, 0.25) is 5.02 Å². The molecule has 1 N–H and O–H groups in total. The second kappa shape index (κ2) is 9.53. The van der Waals surface area contributed by atoms with Crippen molar-refractivity contribution in [2.24, 2.45) is 0 Å². The van der Waals surface area contributed by atoms with Crippen molar-refractivity contribution in [3.8, 4) is 17.2 Å². The summed E-state index contributed by atoms with van der Waals surface area (Å²) in [7, 11) is 1.64. The van der Waals surface area contributed by atoms with Crippen LogP contribution in [0.3, 0.4) is 0 Å². The average Bonchev–Trinajstić information content (AvgIpc) is 2.78. The van der Waals surface area contributed by atoms with Crippen LogP contribution in [0.25, 0.3) is 0 Å². The molecule has 32 heavy (non-hydrogen) atoms. The van der Waals surface area contributed by atoms with Crippen LogP contribution in [-0.4, -0.2) is 19.1 Å². The van der Waals surface area contributed by atoms with E-state index in [4.69, 9.17) is 25.8 Å². The van der Waals surface area contributed by atoms with Crippen LogP contribution >= 0.6 is 11.6 Å². The topological polar surface area (TPSA) is 56.8 Å². The number of hydrogen-bond donors (Lipinski definition) is 1. The first-order chi connectivity index (χ1) is 15.4. The van der Waals surface area contributed by atoms with E-state index < -0.39 is 0 Å². The highest BCUT2D eigenvalue weighted by Gasteiger charge is 2.28. The lowest BCUT2D eigenvalue weighted by Gasteiger charge is -2.29. The molecule has 1 aliphatic heterocycles. The van der Waals surface area contributed by atoms with Crippen LogP contribution in [0.1, 0.15) is 42.1 Å². The van der Waals surface area contributed by atoms with Gasteiger partial charge >= 0.3 is 0 Å². The molecule has 0 aliphatic carbocycles. The molecule has 1 aliphatic rings. The third-order valence-corrected chi connectivity index (χ3v) is 5.54. The largest absolute Gasteiger partial charge is 0.497 e. The van der Waals surface area contributed by atoms with Crippen LogP contribution in [0, 0.1) is 0 Å². The van der Waals surface area contributed by atoms with Gasteiger partial charge < -0.3 is 19.5 Å². The van der Waals surface area contributed by atoms with Crippen molar-refractivity contribution in [3.63, 3.8) is 0 Å². The van der Waals surface area contributed by atoms with Crippen molar-refractivity contribution >= 4 is 17.5 Å². The molecule has 5 nitrogen and oxygen atoms in total. The molecule has 3 aromatic rings. The van der Waals surface area contributed by atoms with E-state index in [1.165, 1.54) is 0 Å². The fourth-order valence-electron chi connectivity index (χ4n) is 3.76. The Morgan fingerprint density at radius 3 is 2.41 bits per heavy atom. The second-order valence-corrected chi connectivity index (χ2v) is 8.47. The smallest absolute Gasteiger partial charge is 0.225 e. The molecule has 0 aromatic heterocycles. The van der Waals surface area contributed by atoms with Crippen molar-refractivity contribution in [2.45, 2.75) is 39.0 Å². The minimum Gasteiger partial charge on any atom is -0.497 e. The average molecular weight is 452 g/mol. The first-order valence-electron chi connectivity index (χ1n) is 10.6. The monoisotopic (exact) mass is 451 g/mol. The van der Waals surface area contributed by atoms with E-state index in [0.717, 1.165) is 28.0 Å². The molecule has 0 spiro atoms.